The van der Waals surface area contributed by atoms with Crippen molar-refractivity contribution in [2.24, 2.45) is 0 Å². The highest BCUT2D eigenvalue weighted by Gasteiger charge is 2.22. The fraction of sp³-hybridized carbons (Fsp3) is 0.130. The predicted molar refractivity (Wildman–Crippen MR) is 110 cm³/mol. The SMILES string of the molecule is COCc1c(C(=O)OCC(=O)Nc2ccc3ccccc3c2)oc2ccccc12. The third-order valence-corrected chi connectivity index (χ3v) is 4.54. The third-order valence-electron chi connectivity index (χ3n) is 4.54. The number of fused-ring (bicyclic) bond motifs is 2. The van der Waals surface area contributed by atoms with Gasteiger partial charge in [0.15, 0.2) is 6.61 Å². The Hall–Kier alpha value is -3.64. The fourth-order valence-electron chi connectivity index (χ4n) is 3.21. The molecule has 1 heterocycles. The number of para-hydroxylation sites is 1. The number of hydrogen-bond donors (Lipinski definition) is 1. The molecule has 4 rings (SSSR count). The number of carbonyl (C=O) groups excluding carboxylic acids is 2. The number of benzene rings is 3. The zero-order chi connectivity index (χ0) is 20.2. The first kappa shape index (κ1) is 18.7. The van der Waals surface area contributed by atoms with E-state index in [-0.39, 0.29) is 12.4 Å². The number of carbonyl (C=O) groups is 2. The lowest BCUT2D eigenvalue weighted by molar-refractivity contribution is -0.119. The number of nitrogens with one attached hydrogen (secondary N) is 1. The molecule has 0 saturated carbocycles. The number of hydrogen-bond acceptors (Lipinski definition) is 5. The molecule has 1 N–H and O–H groups in total. The molecule has 29 heavy (non-hydrogen) atoms. The minimum absolute atomic E-state index is 0.0477. The van der Waals surface area contributed by atoms with E-state index in [9.17, 15) is 9.59 Å². The molecule has 4 aromatic rings. The molecule has 3 aromatic carbocycles. The summed E-state index contributed by atoms with van der Waals surface area (Å²) in [5, 5.41) is 5.60. The van der Waals surface area contributed by atoms with Crippen molar-refractivity contribution in [1.82, 2.24) is 0 Å². The van der Waals surface area contributed by atoms with Crippen LogP contribution in [0.5, 0.6) is 0 Å². The quantitative estimate of drug-likeness (QED) is 0.490. The lowest BCUT2D eigenvalue weighted by Gasteiger charge is -2.07. The topological polar surface area (TPSA) is 77.8 Å². The van der Waals surface area contributed by atoms with Gasteiger partial charge in [0.25, 0.3) is 5.91 Å². The summed E-state index contributed by atoms with van der Waals surface area (Å²) in [6.45, 7) is -0.222. The molecule has 1 amide bonds. The van der Waals surface area contributed by atoms with E-state index >= 15 is 0 Å². The number of furan rings is 1. The van der Waals surface area contributed by atoms with Crippen molar-refractivity contribution in [2.75, 3.05) is 19.0 Å². The van der Waals surface area contributed by atoms with Crippen molar-refractivity contribution in [3.05, 3.63) is 78.1 Å². The number of ether oxygens (including phenoxy) is 2. The second kappa shape index (κ2) is 8.16. The van der Waals surface area contributed by atoms with Gasteiger partial charge in [0.1, 0.15) is 5.58 Å². The van der Waals surface area contributed by atoms with Crippen LogP contribution in [-0.4, -0.2) is 25.6 Å². The summed E-state index contributed by atoms with van der Waals surface area (Å²) in [6.07, 6.45) is 0. The van der Waals surface area contributed by atoms with Crippen molar-refractivity contribution in [1.29, 1.82) is 0 Å². The Labute approximate surface area is 167 Å². The Morgan fingerprint density at radius 1 is 0.966 bits per heavy atom. The van der Waals surface area contributed by atoms with Crippen LogP contribution in [0.25, 0.3) is 21.7 Å². The van der Waals surface area contributed by atoms with Crippen LogP contribution >= 0.6 is 0 Å². The molecule has 0 aliphatic rings. The van der Waals surface area contributed by atoms with E-state index in [1.807, 2.05) is 54.6 Å². The molecular formula is C23H19NO5. The fourth-order valence-corrected chi connectivity index (χ4v) is 3.21. The molecule has 0 fully saturated rings. The van der Waals surface area contributed by atoms with Gasteiger partial charge in [-0.05, 0) is 29.0 Å². The van der Waals surface area contributed by atoms with Gasteiger partial charge in [-0.1, -0.05) is 48.5 Å². The van der Waals surface area contributed by atoms with Crippen LogP contribution in [0.3, 0.4) is 0 Å². The highest BCUT2D eigenvalue weighted by atomic mass is 16.5. The average Bonchev–Trinajstić information content (AvgIpc) is 3.11. The number of rotatable bonds is 6. The van der Waals surface area contributed by atoms with E-state index < -0.39 is 18.5 Å². The summed E-state index contributed by atoms with van der Waals surface area (Å²) in [5.41, 5.74) is 1.80. The standard InChI is InChI=1S/C23H19NO5/c1-27-13-19-18-8-4-5-9-20(18)29-22(19)23(26)28-14-21(25)24-17-11-10-15-6-2-3-7-16(15)12-17/h2-12H,13-14H2,1H3,(H,24,25). The van der Waals surface area contributed by atoms with Crippen LogP contribution in [-0.2, 0) is 20.9 Å². The normalized spacial score (nSPS) is 10.9. The zero-order valence-corrected chi connectivity index (χ0v) is 15.8. The monoisotopic (exact) mass is 389 g/mol. The Balaban J connectivity index is 1.44. The summed E-state index contributed by atoms with van der Waals surface area (Å²) < 4.78 is 16.0. The molecule has 0 aliphatic heterocycles. The van der Waals surface area contributed by atoms with E-state index in [1.165, 1.54) is 7.11 Å². The highest BCUT2D eigenvalue weighted by molar-refractivity contribution is 5.99. The van der Waals surface area contributed by atoms with Gasteiger partial charge in [-0.15, -0.1) is 0 Å². The first-order chi connectivity index (χ1) is 14.2. The van der Waals surface area contributed by atoms with Gasteiger partial charge in [0.05, 0.1) is 6.61 Å². The van der Waals surface area contributed by atoms with E-state index in [0.29, 0.717) is 16.8 Å². The lowest BCUT2D eigenvalue weighted by atomic mass is 10.1. The van der Waals surface area contributed by atoms with Gasteiger partial charge < -0.3 is 19.2 Å². The third kappa shape index (κ3) is 3.97. The Morgan fingerprint density at radius 2 is 1.72 bits per heavy atom. The molecular weight excluding hydrogens is 370 g/mol. The average molecular weight is 389 g/mol. The molecule has 146 valence electrons. The zero-order valence-electron chi connectivity index (χ0n) is 15.8. The molecule has 0 saturated heterocycles. The molecule has 0 aliphatic carbocycles. The number of methoxy groups -OCH3 is 1. The maximum absolute atomic E-state index is 12.5. The molecule has 0 unspecified atom stereocenters. The van der Waals surface area contributed by atoms with Gasteiger partial charge in [-0.2, -0.15) is 0 Å². The molecule has 0 atom stereocenters. The molecule has 0 bridgehead atoms. The molecule has 0 radical (unpaired) electrons. The summed E-state index contributed by atoms with van der Waals surface area (Å²) in [6, 6.07) is 20.7. The van der Waals surface area contributed by atoms with Crippen molar-refractivity contribution in [3.8, 4) is 0 Å². The predicted octanol–water partition coefficient (Wildman–Crippen LogP) is 4.53. The van der Waals surface area contributed by atoms with Crippen LogP contribution in [0.4, 0.5) is 5.69 Å². The molecule has 0 spiro atoms. The van der Waals surface area contributed by atoms with Crippen LogP contribution in [0.2, 0.25) is 0 Å². The van der Waals surface area contributed by atoms with Gasteiger partial charge >= 0.3 is 5.97 Å². The van der Waals surface area contributed by atoms with Crippen molar-refractivity contribution < 1.29 is 23.5 Å². The smallest absolute Gasteiger partial charge is 0.375 e. The van der Waals surface area contributed by atoms with Gasteiger partial charge in [-0.25, -0.2) is 4.79 Å². The van der Waals surface area contributed by atoms with Crippen molar-refractivity contribution in [2.45, 2.75) is 6.61 Å². The summed E-state index contributed by atoms with van der Waals surface area (Å²) in [5.74, 6) is -1.09. The highest BCUT2D eigenvalue weighted by Crippen LogP contribution is 2.27. The van der Waals surface area contributed by atoms with E-state index in [0.717, 1.165) is 16.2 Å². The first-order valence-electron chi connectivity index (χ1n) is 9.11. The van der Waals surface area contributed by atoms with Crippen molar-refractivity contribution in [3.63, 3.8) is 0 Å². The van der Waals surface area contributed by atoms with Gasteiger partial charge in [-0.3, -0.25) is 4.79 Å². The number of anilines is 1. The summed E-state index contributed by atoms with van der Waals surface area (Å²) in [4.78, 5) is 24.7. The van der Waals surface area contributed by atoms with E-state index in [2.05, 4.69) is 5.32 Å². The number of esters is 1. The maximum Gasteiger partial charge on any atom is 0.375 e. The summed E-state index contributed by atoms with van der Waals surface area (Å²) >= 11 is 0. The molecule has 6 heteroatoms. The largest absolute Gasteiger partial charge is 0.450 e. The van der Waals surface area contributed by atoms with Crippen LogP contribution in [0, 0.1) is 0 Å². The van der Waals surface area contributed by atoms with Crippen LogP contribution < -0.4 is 5.32 Å². The maximum atomic E-state index is 12.5. The van der Waals surface area contributed by atoms with Gasteiger partial charge in [0, 0.05) is 23.7 Å². The Morgan fingerprint density at radius 3 is 2.55 bits per heavy atom. The number of amides is 1. The minimum atomic E-state index is -0.707. The van der Waals surface area contributed by atoms with E-state index in [4.69, 9.17) is 13.9 Å². The van der Waals surface area contributed by atoms with Crippen LogP contribution in [0.15, 0.2) is 71.1 Å². The molecule has 1 aromatic heterocycles. The molecule has 6 nitrogen and oxygen atoms in total. The second-order valence-corrected chi connectivity index (χ2v) is 6.53. The summed E-state index contributed by atoms with van der Waals surface area (Å²) in [7, 11) is 1.54. The van der Waals surface area contributed by atoms with Crippen LogP contribution in [0.1, 0.15) is 16.1 Å². The Kier molecular flexibility index (Phi) is 5.27. The lowest BCUT2D eigenvalue weighted by Crippen LogP contribution is -2.21. The Bertz CT molecular complexity index is 1190. The van der Waals surface area contributed by atoms with E-state index in [1.54, 1.807) is 12.1 Å². The first-order valence-corrected chi connectivity index (χ1v) is 9.11. The van der Waals surface area contributed by atoms with Gasteiger partial charge in [0.2, 0.25) is 5.76 Å². The minimum Gasteiger partial charge on any atom is -0.450 e. The second-order valence-electron chi connectivity index (χ2n) is 6.53. The van der Waals surface area contributed by atoms with Crippen molar-refractivity contribution >= 4 is 39.3 Å².